The van der Waals surface area contributed by atoms with E-state index in [0.717, 1.165) is 15.7 Å². The van der Waals surface area contributed by atoms with Crippen molar-refractivity contribution >= 4 is 16.5 Å². The number of anilines is 1. The lowest BCUT2D eigenvalue weighted by Gasteiger charge is -1.99. The number of halogens is 1. The van der Waals surface area contributed by atoms with Gasteiger partial charge in [0.25, 0.3) is 0 Å². The summed E-state index contributed by atoms with van der Waals surface area (Å²) in [5.41, 5.74) is 1.54. The zero-order chi connectivity index (χ0) is 11.8. The average Bonchev–Trinajstić information content (AvgIpc) is 3.03. The van der Waals surface area contributed by atoms with Crippen LogP contribution < -0.4 is 5.32 Å². The molecule has 1 aliphatic rings. The van der Waals surface area contributed by atoms with Gasteiger partial charge in [-0.3, -0.25) is 0 Å². The van der Waals surface area contributed by atoms with E-state index in [1.54, 1.807) is 12.1 Å². The minimum atomic E-state index is -0.183. The number of thiazole rings is 1. The summed E-state index contributed by atoms with van der Waals surface area (Å²) in [4.78, 5) is 5.37. The molecule has 1 N–H and O–H groups in total. The Labute approximate surface area is 104 Å². The van der Waals surface area contributed by atoms with E-state index >= 15 is 0 Å². The summed E-state index contributed by atoms with van der Waals surface area (Å²) in [6, 6.07) is 7.43. The summed E-state index contributed by atoms with van der Waals surface area (Å²) in [5, 5.41) is 4.26. The van der Waals surface area contributed by atoms with E-state index in [4.69, 9.17) is 0 Å². The van der Waals surface area contributed by atoms with Gasteiger partial charge in [0.2, 0.25) is 0 Å². The molecule has 1 aromatic carbocycles. The molecule has 0 amide bonds. The van der Waals surface area contributed by atoms with Gasteiger partial charge in [0, 0.05) is 11.6 Å². The predicted molar refractivity (Wildman–Crippen MR) is 68.9 cm³/mol. The highest BCUT2D eigenvalue weighted by Crippen LogP contribution is 2.36. The van der Waals surface area contributed by atoms with Crippen molar-refractivity contribution in [3.63, 3.8) is 0 Å². The van der Waals surface area contributed by atoms with Crippen molar-refractivity contribution in [3.05, 3.63) is 35.8 Å². The highest BCUT2D eigenvalue weighted by Gasteiger charge is 2.23. The number of hydrogen-bond acceptors (Lipinski definition) is 3. The highest BCUT2D eigenvalue weighted by atomic mass is 32.1. The average molecular weight is 248 g/mol. The zero-order valence-corrected chi connectivity index (χ0v) is 10.4. The maximum absolute atomic E-state index is 13.7. The van der Waals surface area contributed by atoms with Gasteiger partial charge in [0.05, 0.1) is 10.6 Å². The smallest absolute Gasteiger partial charge is 0.183 e. The molecule has 1 saturated carbocycles. The van der Waals surface area contributed by atoms with E-state index in [-0.39, 0.29) is 5.82 Å². The molecule has 0 bridgehead atoms. The third kappa shape index (κ3) is 2.17. The molecule has 0 atom stereocenters. The molecule has 1 fully saturated rings. The molecule has 0 unspecified atom stereocenters. The predicted octanol–water partition coefficient (Wildman–Crippen LogP) is 3.83. The van der Waals surface area contributed by atoms with Crippen LogP contribution in [0.2, 0.25) is 0 Å². The maximum Gasteiger partial charge on any atom is 0.183 e. The molecule has 1 heterocycles. The number of aromatic nitrogens is 1. The van der Waals surface area contributed by atoms with E-state index < -0.39 is 0 Å². The summed E-state index contributed by atoms with van der Waals surface area (Å²) in [7, 11) is 0. The molecule has 1 aromatic heterocycles. The Kier molecular flexibility index (Phi) is 2.59. The van der Waals surface area contributed by atoms with Crippen molar-refractivity contribution in [3.8, 4) is 10.4 Å². The van der Waals surface area contributed by atoms with Crippen molar-refractivity contribution in [2.24, 2.45) is 0 Å². The van der Waals surface area contributed by atoms with Crippen molar-refractivity contribution in [2.75, 3.05) is 5.32 Å². The number of aryl methyl sites for hydroxylation is 1. The van der Waals surface area contributed by atoms with Crippen LogP contribution in [0.4, 0.5) is 9.52 Å². The van der Waals surface area contributed by atoms with Gasteiger partial charge in [-0.15, -0.1) is 0 Å². The van der Waals surface area contributed by atoms with Crippen molar-refractivity contribution < 1.29 is 4.39 Å². The molecule has 0 saturated heterocycles. The van der Waals surface area contributed by atoms with E-state index in [0.29, 0.717) is 11.6 Å². The van der Waals surface area contributed by atoms with Crippen LogP contribution in [0.1, 0.15) is 18.5 Å². The van der Waals surface area contributed by atoms with E-state index in [1.165, 1.54) is 30.2 Å². The summed E-state index contributed by atoms with van der Waals surface area (Å²) in [6.07, 6.45) is 2.43. The standard InChI is InChI=1S/C13H13FN2S/c1-8-12(10-4-2-3-5-11(10)14)17-13(15-8)16-9-6-7-9/h2-5,9H,6-7H2,1H3,(H,15,16). The van der Waals surface area contributed by atoms with Gasteiger partial charge in [-0.2, -0.15) is 0 Å². The van der Waals surface area contributed by atoms with Crippen LogP contribution in [0.5, 0.6) is 0 Å². The fraction of sp³-hybridized carbons (Fsp3) is 0.308. The summed E-state index contributed by atoms with van der Waals surface area (Å²) in [5.74, 6) is -0.183. The fourth-order valence-corrected chi connectivity index (χ4v) is 2.83. The topological polar surface area (TPSA) is 24.9 Å². The SMILES string of the molecule is Cc1nc(NC2CC2)sc1-c1ccccc1F. The first kappa shape index (κ1) is 10.7. The van der Waals surface area contributed by atoms with Gasteiger partial charge in [0.1, 0.15) is 5.82 Å². The molecule has 17 heavy (non-hydrogen) atoms. The molecule has 3 rings (SSSR count). The maximum atomic E-state index is 13.7. The third-order valence-corrected chi connectivity index (χ3v) is 3.94. The summed E-state index contributed by atoms with van der Waals surface area (Å²) < 4.78 is 13.7. The lowest BCUT2D eigenvalue weighted by molar-refractivity contribution is 0.631. The number of benzene rings is 1. The molecular formula is C13H13FN2S. The highest BCUT2D eigenvalue weighted by molar-refractivity contribution is 7.19. The van der Waals surface area contributed by atoms with Gasteiger partial charge in [-0.05, 0) is 25.8 Å². The Morgan fingerprint density at radius 3 is 2.82 bits per heavy atom. The Morgan fingerprint density at radius 1 is 1.35 bits per heavy atom. The van der Waals surface area contributed by atoms with Crippen molar-refractivity contribution in [1.82, 2.24) is 4.98 Å². The van der Waals surface area contributed by atoms with Crippen LogP contribution in [0.25, 0.3) is 10.4 Å². The molecule has 0 spiro atoms. The second-order valence-electron chi connectivity index (χ2n) is 4.33. The molecule has 2 nitrogen and oxygen atoms in total. The second-order valence-corrected chi connectivity index (χ2v) is 5.33. The van der Waals surface area contributed by atoms with Crippen LogP contribution in [-0.4, -0.2) is 11.0 Å². The summed E-state index contributed by atoms with van der Waals surface area (Å²) >= 11 is 1.53. The lowest BCUT2D eigenvalue weighted by atomic mass is 10.1. The molecule has 0 radical (unpaired) electrons. The van der Waals surface area contributed by atoms with Crippen LogP contribution in [-0.2, 0) is 0 Å². The first-order valence-corrected chi connectivity index (χ1v) is 6.54. The van der Waals surface area contributed by atoms with Crippen LogP contribution in [0.3, 0.4) is 0 Å². The minimum Gasteiger partial charge on any atom is -0.359 e. The van der Waals surface area contributed by atoms with Gasteiger partial charge in [-0.1, -0.05) is 29.5 Å². The monoisotopic (exact) mass is 248 g/mol. The van der Waals surface area contributed by atoms with Crippen LogP contribution in [0.15, 0.2) is 24.3 Å². The quantitative estimate of drug-likeness (QED) is 0.892. The second kappa shape index (κ2) is 4.11. The minimum absolute atomic E-state index is 0.183. The van der Waals surface area contributed by atoms with Gasteiger partial charge in [-0.25, -0.2) is 9.37 Å². The number of nitrogens with one attached hydrogen (secondary N) is 1. The van der Waals surface area contributed by atoms with E-state index in [9.17, 15) is 4.39 Å². The van der Waals surface area contributed by atoms with Gasteiger partial charge in [0.15, 0.2) is 5.13 Å². The van der Waals surface area contributed by atoms with Crippen LogP contribution >= 0.6 is 11.3 Å². The molecular weight excluding hydrogens is 235 g/mol. The van der Waals surface area contributed by atoms with Crippen molar-refractivity contribution in [1.29, 1.82) is 0 Å². The molecule has 0 aliphatic heterocycles. The Bertz CT molecular complexity index is 546. The Morgan fingerprint density at radius 2 is 2.12 bits per heavy atom. The molecule has 88 valence electrons. The van der Waals surface area contributed by atoms with Crippen molar-refractivity contribution in [2.45, 2.75) is 25.8 Å². The fourth-order valence-electron chi connectivity index (χ4n) is 1.76. The Balaban J connectivity index is 1.96. The first-order chi connectivity index (χ1) is 8.24. The Hall–Kier alpha value is -1.42. The first-order valence-electron chi connectivity index (χ1n) is 5.73. The van der Waals surface area contributed by atoms with E-state index in [2.05, 4.69) is 10.3 Å². The van der Waals surface area contributed by atoms with Gasteiger partial charge < -0.3 is 5.32 Å². The van der Waals surface area contributed by atoms with Gasteiger partial charge >= 0.3 is 0 Å². The third-order valence-electron chi connectivity index (χ3n) is 2.82. The lowest BCUT2D eigenvalue weighted by Crippen LogP contribution is -1.99. The molecule has 2 aromatic rings. The largest absolute Gasteiger partial charge is 0.359 e. The summed E-state index contributed by atoms with van der Waals surface area (Å²) in [6.45, 7) is 1.93. The number of hydrogen-bond donors (Lipinski definition) is 1. The van der Waals surface area contributed by atoms with E-state index in [1.807, 2.05) is 13.0 Å². The zero-order valence-electron chi connectivity index (χ0n) is 9.53. The number of nitrogens with zero attached hydrogens (tertiary/aromatic N) is 1. The number of rotatable bonds is 3. The molecule has 1 aliphatic carbocycles. The normalized spacial score (nSPS) is 14.9. The molecule has 4 heteroatoms. The van der Waals surface area contributed by atoms with Crippen LogP contribution in [0, 0.1) is 12.7 Å².